The fraction of sp³-hybridized carbons (Fsp3) is 0.750. The Kier molecular flexibility index (Phi) is 1.63. The third-order valence-corrected chi connectivity index (χ3v) is 2.64. The first kappa shape index (κ1) is 7.45. The summed E-state index contributed by atoms with van der Waals surface area (Å²) >= 11 is 0. The van der Waals surface area contributed by atoms with E-state index in [1.807, 2.05) is 13.8 Å². The molecule has 1 saturated carbocycles. The standard InChI is InChI=1S/C8H12O2/c1-8(2)6(3-4-9)7(8)5-10/h4-7H,3H2,1-2H3. The highest BCUT2D eigenvalue weighted by atomic mass is 16.1. The van der Waals surface area contributed by atoms with Crippen molar-refractivity contribution in [2.24, 2.45) is 17.3 Å². The second kappa shape index (κ2) is 2.19. The molecule has 0 radical (unpaired) electrons. The molecule has 0 aromatic heterocycles. The molecular formula is C8H12O2. The van der Waals surface area contributed by atoms with Crippen LogP contribution < -0.4 is 0 Å². The second-order valence-corrected chi connectivity index (χ2v) is 3.49. The average Bonchev–Trinajstić information content (AvgIpc) is 2.36. The van der Waals surface area contributed by atoms with Gasteiger partial charge in [-0.25, -0.2) is 0 Å². The Labute approximate surface area is 60.6 Å². The lowest BCUT2D eigenvalue weighted by Gasteiger charge is -1.95. The minimum absolute atomic E-state index is 0.0860. The monoisotopic (exact) mass is 140 g/mol. The van der Waals surface area contributed by atoms with Gasteiger partial charge in [0.2, 0.25) is 0 Å². The Morgan fingerprint density at radius 2 is 2.00 bits per heavy atom. The van der Waals surface area contributed by atoms with Crippen molar-refractivity contribution in [3.05, 3.63) is 0 Å². The van der Waals surface area contributed by atoms with Gasteiger partial charge in [-0.3, -0.25) is 0 Å². The summed E-state index contributed by atoms with van der Waals surface area (Å²) in [7, 11) is 0. The van der Waals surface area contributed by atoms with Crippen LogP contribution in [0.4, 0.5) is 0 Å². The third-order valence-electron chi connectivity index (χ3n) is 2.64. The Bertz CT molecular complexity index is 161. The molecule has 1 rings (SSSR count). The summed E-state index contributed by atoms with van der Waals surface area (Å²) < 4.78 is 0. The van der Waals surface area contributed by atoms with E-state index in [-0.39, 0.29) is 11.3 Å². The van der Waals surface area contributed by atoms with Gasteiger partial charge in [0, 0.05) is 12.3 Å². The van der Waals surface area contributed by atoms with Crippen LogP contribution in [0.25, 0.3) is 0 Å². The molecule has 0 aliphatic heterocycles. The number of hydrogen-bond donors (Lipinski definition) is 0. The molecule has 0 heterocycles. The van der Waals surface area contributed by atoms with E-state index in [0.717, 1.165) is 12.6 Å². The van der Waals surface area contributed by atoms with Gasteiger partial charge in [0.05, 0.1) is 0 Å². The van der Waals surface area contributed by atoms with E-state index in [1.54, 1.807) is 0 Å². The molecule has 2 heteroatoms. The molecule has 0 aromatic rings. The van der Waals surface area contributed by atoms with Crippen LogP contribution in [0.2, 0.25) is 0 Å². The summed E-state index contributed by atoms with van der Waals surface area (Å²) in [5, 5.41) is 0. The lowest BCUT2D eigenvalue weighted by atomic mass is 10.1. The van der Waals surface area contributed by atoms with Crippen molar-refractivity contribution < 1.29 is 9.59 Å². The molecule has 0 bridgehead atoms. The quantitative estimate of drug-likeness (QED) is 0.549. The average molecular weight is 140 g/mol. The van der Waals surface area contributed by atoms with E-state index in [2.05, 4.69) is 0 Å². The Balaban J connectivity index is 2.52. The summed E-state index contributed by atoms with van der Waals surface area (Å²) in [6, 6.07) is 0. The number of carbonyl (C=O) groups excluding carboxylic acids is 2. The summed E-state index contributed by atoms with van der Waals surface area (Å²) in [6.07, 6.45) is 2.40. The van der Waals surface area contributed by atoms with Gasteiger partial charge in [0.1, 0.15) is 12.6 Å². The maximum atomic E-state index is 10.4. The Morgan fingerprint density at radius 1 is 1.40 bits per heavy atom. The van der Waals surface area contributed by atoms with Gasteiger partial charge >= 0.3 is 0 Å². The van der Waals surface area contributed by atoms with Gasteiger partial charge in [0.25, 0.3) is 0 Å². The SMILES string of the molecule is CC1(C)C(C=O)C1CC=O. The molecule has 0 saturated heterocycles. The molecule has 2 atom stereocenters. The van der Waals surface area contributed by atoms with E-state index < -0.39 is 0 Å². The van der Waals surface area contributed by atoms with Crippen LogP contribution in [-0.2, 0) is 9.59 Å². The van der Waals surface area contributed by atoms with Gasteiger partial charge in [-0.15, -0.1) is 0 Å². The lowest BCUT2D eigenvalue weighted by Crippen LogP contribution is -1.90. The van der Waals surface area contributed by atoms with Crippen molar-refractivity contribution >= 4 is 12.6 Å². The Morgan fingerprint density at radius 3 is 2.30 bits per heavy atom. The van der Waals surface area contributed by atoms with Crippen molar-refractivity contribution in [3.8, 4) is 0 Å². The fourth-order valence-corrected chi connectivity index (χ4v) is 1.61. The topological polar surface area (TPSA) is 34.1 Å². The van der Waals surface area contributed by atoms with Crippen LogP contribution in [0.1, 0.15) is 20.3 Å². The number of aldehydes is 2. The normalized spacial score (nSPS) is 35.0. The van der Waals surface area contributed by atoms with Gasteiger partial charge in [-0.2, -0.15) is 0 Å². The van der Waals surface area contributed by atoms with Crippen LogP contribution in [0.5, 0.6) is 0 Å². The zero-order valence-electron chi connectivity index (χ0n) is 6.33. The minimum Gasteiger partial charge on any atom is -0.303 e. The van der Waals surface area contributed by atoms with Crippen molar-refractivity contribution in [2.45, 2.75) is 20.3 Å². The van der Waals surface area contributed by atoms with Crippen molar-refractivity contribution in [2.75, 3.05) is 0 Å². The highest BCUT2D eigenvalue weighted by molar-refractivity contribution is 5.64. The summed E-state index contributed by atoms with van der Waals surface area (Å²) in [5.74, 6) is 0.431. The third kappa shape index (κ3) is 0.877. The maximum Gasteiger partial charge on any atom is 0.123 e. The lowest BCUT2D eigenvalue weighted by molar-refractivity contribution is -0.109. The molecule has 0 aromatic carbocycles. The van der Waals surface area contributed by atoms with Crippen LogP contribution >= 0.6 is 0 Å². The highest BCUT2D eigenvalue weighted by Crippen LogP contribution is 2.58. The first-order valence-electron chi connectivity index (χ1n) is 3.53. The molecule has 1 aliphatic carbocycles. The van der Waals surface area contributed by atoms with E-state index in [4.69, 9.17) is 0 Å². The van der Waals surface area contributed by atoms with E-state index in [1.165, 1.54) is 0 Å². The number of carbonyl (C=O) groups is 2. The van der Waals surface area contributed by atoms with Crippen molar-refractivity contribution in [1.29, 1.82) is 0 Å². The molecule has 10 heavy (non-hydrogen) atoms. The van der Waals surface area contributed by atoms with Gasteiger partial charge in [-0.05, 0) is 11.3 Å². The summed E-state index contributed by atoms with van der Waals surface area (Å²) in [6.45, 7) is 4.06. The van der Waals surface area contributed by atoms with Crippen LogP contribution in [-0.4, -0.2) is 12.6 Å². The maximum absolute atomic E-state index is 10.4. The zero-order valence-corrected chi connectivity index (χ0v) is 6.33. The molecule has 56 valence electrons. The van der Waals surface area contributed by atoms with Crippen molar-refractivity contribution in [1.82, 2.24) is 0 Å². The van der Waals surface area contributed by atoms with Gasteiger partial charge in [0.15, 0.2) is 0 Å². The molecule has 1 fully saturated rings. The smallest absolute Gasteiger partial charge is 0.123 e. The van der Waals surface area contributed by atoms with Gasteiger partial charge in [-0.1, -0.05) is 13.8 Å². The predicted octanol–water partition coefficient (Wildman–Crippen LogP) is 1.05. The van der Waals surface area contributed by atoms with E-state index >= 15 is 0 Å². The zero-order chi connectivity index (χ0) is 7.78. The molecular weight excluding hydrogens is 128 g/mol. The largest absolute Gasteiger partial charge is 0.303 e. The molecule has 0 spiro atoms. The fourth-order valence-electron chi connectivity index (χ4n) is 1.61. The van der Waals surface area contributed by atoms with E-state index in [9.17, 15) is 9.59 Å². The summed E-state index contributed by atoms with van der Waals surface area (Å²) in [4.78, 5) is 20.4. The van der Waals surface area contributed by atoms with Crippen LogP contribution in [0.15, 0.2) is 0 Å². The van der Waals surface area contributed by atoms with Crippen molar-refractivity contribution in [3.63, 3.8) is 0 Å². The highest BCUT2D eigenvalue weighted by Gasteiger charge is 2.56. The van der Waals surface area contributed by atoms with Gasteiger partial charge < -0.3 is 9.59 Å². The first-order valence-corrected chi connectivity index (χ1v) is 3.53. The minimum atomic E-state index is 0.0860. The number of rotatable bonds is 3. The van der Waals surface area contributed by atoms with Crippen LogP contribution in [0, 0.1) is 17.3 Å². The molecule has 2 unspecified atom stereocenters. The molecule has 0 N–H and O–H groups in total. The first-order chi connectivity index (χ1) is 4.64. The second-order valence-electron chi connectivity index (χ2n) is 3.49. The number of hydrogen-bond acceptors (Lipinski definition) is 2. The van der Waals surface area contributed by atoms with Crippen LogP contribution in [0.3, 0.4) is 0 Å². The molecule has 2 nitrogen and oxygen atoms in total. The molecule has 0 amide bonds. The Hall–Kier alpha value is -0.660. The van der Waals surface area contributed by atoms with E-state index in [0.29, 0.717) is 12.3 Å². The predicted molar refractivity (Wildman–Crippen MR) is 37.5 cm³/mol. The summed E-state index contributed by atoms with van der Waals surface area (Å²) in [5.41, 5.74) is 0.0860. The molecule has 1 aliphatic rings.